The maximum Gasteiger partial charge on any atom is 0.231 e. The van der Waals surface area contributed by atoms with E-state index >= 15 is 0 Å². The highest BCUT2D eigenvalue weighted by molar-refractivity contribution is 5.96. The van der Waals surface area contributed by atoms with Crippen molar-refractivity contribution in [2.75, 3.05) is 11.9 Å². The fourth-order valence-electron chi connectivity index (χ4n) is 11.7. The molecule has 6 rings (SSSR count). The van der Waals surface area contributed by atoms with Crippen LogP contribution in [0.2, 0.25) is 0 Å². The number of rotatable bonds is 3. The van der Waals surface area contributed by atoms with Gasteiger partial charge in [0.25, 0.3) is 0 Å². The van der Waals surface area contributed by atoms with Crippen molar-refractivity contribution in [2.45, 2.75) is 118 Å². The molecule has 0 aromatic heterocycles. The third kappa shape index (κ3) is 4.01. The van der Waals surface area contributed by atoms with Gasteiger partial charge in [0.1, 0.15) is 0 Å². The molecule has 0 spiro atoms. The van der Waals surface area contributed by atoms with Crippen molar-refractivity contribution in [1.82, 2.24) is 0 Å². The molecule has 1 aromatic carbocycles. The summed E-state index contributed by atoms with van der Waals surface area (Å²) in [5.41, 5.74) is 2.48. The van der Waals surface area contributed by atoms with E-state index in [1.165, 1.54) is 11.1 Å². The van der Waals surface area contributed by atoms with Crippen LogP contribution in [0.5, 0.6) is 0 Å². The predicted octanol–water partition coefficient (Wildman–Crippen LogP) is 7.04. The molecule has 0 heterocycles. The molecule has 1 amide bonds. The van der Waals surface area contributed by atoms with E-state index in [0.717, 1.165) is 57.1 Å². The van der Waals surface area contributed by atoms with Crippen LogP contribution in [0.25, 0.3) is 0 Å². The van der Waals surface area contributed by atoms with E-state index < -0.39 is 23.0 Å². The van der Waals surface area contributed by atoms with Crippen molar-refractivity contribution in [1.29, 1.82) is 0 Å². The van der Waals surface area contributed by atoms with Crippen LogP contribution in [0.4, 0.5) is 5.69 Å². The Morgan fingerprint density at radius 2 is 1.57 bits per heavy atom. The van der Waals surface area contributed by atoms with Crippen LogP contribution in [0.3, 0.4) is 0 Å². The number of allylic oxidation sites excluding steroid dienone is 2. The Bertz CT molecular complexity index is 1270. The molecule has 4 N–H and O–H groups in total. The van der Waals surface area contributed by atoms with Crippen LogP contribution in [0.1, 0.15) is 105 Å². The van der Waals surface area contributed by atoms with Gasteiger partial charge in [-0.25, -0.2) is 0 Å². The minimum absolute atomic E-state index is 0.0158. The lowest BCUT2D eigenvalue weighted by Crippen LogP contribution is -2.68. The largest absolute Gasteiger partial charge is 0.396 e. The Balaban J connectivity index is 1.40. The Kier molecular flexibility index (Phi) is 6.97. The summed E-state index contributed by atoms with van der Waals surface area (Å²) in [6.07, 6.45) is 9.23. The highest BCUT2D eigenvalue weighted by atomic mass is 16.3. The van der Waals surface area contributed by atoms with Gasteiger partial charge < -0.3 is 20.6 Å². The van der Waals surface area contributed by atoms with E-state index in [-0.39, 0.29) is 46.0 Å². The van der Waals surface area contributed by atoms with Crippen molar-refractivity contribution < 1.29 is 20.1 Å². The second-order valence-electron chi connectivity index (χ2n) is 17.1. The van der Waals surface area contributed by atoms with Crippen molar-refractivity contribution in [3.63, 3.8) is 0 Å². The van der Waals surface area contributed by atoms with E-state index in [1.54, 1.807) is 0 Å². The monoisotopic (exact) mass is 577 g/mol. The highest BCUT2D eigenvalue weighted by Gasteiger charge is 2.70. The zero-order valence-corrected chi connectivity index (χ0v) is 27.1. The van der Waals surface area contributed by atoms with Crippen LogP contribution in [0, 0.1) is 57.2 Å². The molecule has 0 aliphatic heterocycles. The van der Waals surface area contributed by atoms with Crippen molar-refractivity contribution >= 4 is 11.6 Å². The number of carbonyl (C=O) groups excluding carboxylic acids is 1. The van der Waals surface area contributed by atoms with Crippen LogP contribution in [-0.4, -0.2) is 40.0 Å². The molecule has 1 aromatic rings. The predicted molar refractivity (Wildman–Crippen MR) is 168 cm³/mol. The number of aliphatic hydroxyl groups excluding tert-OH is 3. The molecule has 4 fully saturated rings. The molecule has 5 aliphatic rings. The van der Waals surface area contributed by atoms with E-state index in [2.05, 4.69) is 65.1 Å². The number of benzene rings is 1. The second kappa shape index (κ2) is 9.65. The first-order chi connectivity index (χ1) is 19.6. The van der Waals surface area contributed by atoms with Crippen LogP contribution in [0.15, 0.2) is 35.9 Å². The molecule has 5 heteroatoms. The summed E-state index contributed by atoms with van der Waals surface area (Å²) in [7, 11) is 0. The number of fused-ring (bicyclic) bond motifs is 7. The molecule has 42 heavy (non-hydrogen) atoms. The van der Waals surface area contributed by atoms with Gasteiger partial charge in [-0.1, -0.05) is 70.9 Å². The Hall–Kier alpha value is -1.69. The van der Waals surface area contributed by atoms with Gasteiger partial charge in [0.15, 0.2) is 0 Å². The number of carbonyl (C=O) groups is 1. The normalized spacial score (nSPS) is 47.7. The molecule has 4 saturated carbocycles. The fourth-order valence-corrected chi connectivity index (χ4v) is 11.7. The van der Waals surface area contributed by atoms with Gasteiger partial charge in [-0.3, -0.25) is 4.79 Å². The molecule has 0 radical (unpaired) electrons. The van der Waals surface area contributed by atoms with Gasteiger partial charge in [0.2, 0.25) is 5.91 Å². The summed E-state index contributed by atoms with van der Waals surface area (Å²) in [5, 5.41) is 36.1. The maximum atomic E-state index is 14.4. The molecule has 0 bridgehead atoms. The Labute approximate surface area is 253 Å². The fraction of sp³-hybridized carbons (Fsp3) is 0.757. The second-order valence-corrected chi connectivity index (χ2v) is 17.1. The third-order valence-electron chi connectivity index (χ3n) is 14.5. The van der Waals surface area contributed by atoms with Crippen LogP contribution < -0.4 is 5.32 Å². The van der Waals surface area contributed by atoms with Crippen molar-refractivity contribution in [3.8, 4) is 0 Å². The van der Waals surface area contributed by atoms with Crippen molar-refractivity contribution in [3.05, 3.63) is 41.5 Å². The first-order valence-corrected chi connectivity index (χ1v) is 16.6. The minimum atomic E-state index is -0.901. The van der Waals surface area contributed by atoms with Gasteiger partial charge in [0.05, 0.1) is 24.2 Å². The topological polar surface area (TPSA) is 89.8 Å². The average molecular weight is 578 g/mol. The first-order valence-electron chi connectivity index (χ1n) is 16.6. The Morgan fingerprint density at radius 3 is 2.24 bits per heavy atom. The molecule has 5 aliphatic carbocycles. The van der Waals surface area contributed by atoms with E-state index in [0.29, 0.717) is 12.3 Å². The van der Waals surface area contributed by atoms with Gasteiger partial charge in [0, 0.05) is 11.1 Å². The molecule has 10 atom stereocenters. The summed E-state index contributed by atoms with van der Waals surface area (Å²) in [6, 6.07) is 8.19. The molecule has 232 valence electrons. The highest BCUT2D eigenvalue weighted by Crippen LogP contribution is 2.75. The lowest BCUT2D eigenvalue weighted by molar-refractivity contribution is -0.243. The average Bonchev–Trinajstić information content (AvgIpc) is 2.93. The van der Waals surface area contributed by atoms with Gasteiger partial charge >= 0.3 is 0 Å². The zero-order chi connectivity index (χ0) is 30.5. The zero-order valence-electron chi connectivity index (χ0n) is 27.1. The SMILES string of the molecule is Cc1ccc(NC(=O)[C@]23CCC(C)(C)CC2C2=CCC4[C@@]5(C)C[C@@H](O)[C@H](O)[C@@](C)(CO)C5CC[C@@]4(C)[C@]2(C)CC3)cc1. The quantitative estimate of drug-likeness (QED) is 0.290. The number of amides is 1. The number of aryl methyl sites for hydroxylation is 1. The summed E-state index contributed by atoms with van der Waals surface area (Å²) in [6.45, 7) is 16.1. The first kappa shape index (κ1) is 30.3. The number of aliphatic hydroxyl groups is 3. The summed E-state index contributed by atoms with van der Waals surface area (Å²) in [5.74, 6) is 0.911. The lowest BCUT2D eigenvalue weighted by atomic mass is 9.33. The molecule has 0 saturated heterocycles. The summed E-state index contributed by atoms with van der Waals surface area (Å²) in [4.78, 5) is 14.4. The van der Waals surface area contributed by atoms with E-state index in [4.69, 9.17) is 0 Å². The molecular formula is C37H55NO4. The van der Waals surface area contributed by atoms with E-state index in [9.17, 15) is 20.1 Å². The number of anilines is 1. The smallest absolute Gasteiger partial charge is 0.231 e. The lowest BCUT2D eigenvalue weighted by Gasteiger charge is -2.71. The standard InChI is InChI=1S/C37H55NO4/c1-23-8-10-24(11-9-23)38-31(42)37-18-16-32(2,3)20-26(37)25-12-13-29-33(4)21-27(40)30(41)34(5,22-39)28(33)14-15-36(29,7)35(25,6)17-19-37/h8-12,26-30,39-41H,13-22H2,1-7H3,(H,38,42)/t26?,27-,28?,29?,30+,33+,34+,35-,36-,37+/m1/s1. The van der Waals surface area contributed by atoms with Crippen LogP contribution >= 0.6 is 0 Å². The molecular weight excluding hydrogens is 522 g/mol. The number of hydrogen-bond donors (Lipinski definition) is 4. The molecule has 5 nitrogen and oxygen atoms in total. The summed E-state index contributed by atoms with van der Waals surface area (Å²) < 4.78 is 0. The summed E-state index contributed by atoms with van der Waals surface area (Å²) >= 11 is 0. The van der Waals surface area contributed by atoms with Crippen molar-refractivity contribution in [2.24, 2.45) is 50.2 Å². The Morgan fingerprint density at radius 1 is 0.905 bits per heavy atom. The third-order valence-corrected chi connectivity index (χ3v) is 14.5. The maximum absolute atomic E-state index is 14.4. The number of nitrogens with one attached hydrogen (secondary N) is 1. The van der Waals surface area contributed by atoms with Gasteiger partial charge in [-0.2, -0.15) is 0 Å². The van der Waals surface area contributed by atoms with Crippen LogP contribution in [-0.2, 0) is 4.79 Å². The van der Waals surface area contributed by atoms with Gasteiger partial charge in [-0.05, 0) is 116 Å². The number of hydrogen-bond acceptors (Lipinski definition) is 4. The van der Waals surface area contributed by atoms with Gasteiger partial charge in [-0.15, -0.1) is 0 Å². The molecule has 3 unspecified atom stereocenters. The van der Waals surface area contributed by atoms with E-state index in [1.807, 2.05) is 19.1 Å². The minimum Gasteiger partial charge on any atom is -0.396 e.